The Morgan fingerprint density at radius 1 is 1.23 bits per heavy atom. The molecule has 0 spiro atoms. The van der Waals surface area contributed by atoms with Gasteiger partial charge >= 0.3 is 0 Å². The summed E-state index contributed by atoms with van der Waals surface area (Å²) in [6, 6.07) is 4.43. The molecule has 1 amide bonds. The van der Waals surface area contributed by atoms with E-state index < -0.39 is 15.9 Å². The van der Waals surface area contributed by atoms with Gasteiger partial charge in [-0.05, 0) is 12.1 Å². The number of carbonyl (C=O) groups is 1. The van der Waals surface area contributed by atoms with E-state index in [0.29, 0.717) is 32.1 Å². The normalized spacial score (nSPS) is 15.5. The standard InChI is InChI=1S/C16H25N3O6S/c1-23-13-3-4-14(24-2)15(11-13)26(21,22)18-12-16(20)17-5-6-19-7-9-25-10-8-19/h3-4,11,18H,5-10,12H2,1-2H3,(H,17,20). The maximum absolute atomic E-state index is 12.5. The number of nitrogens with one attached hydrogen (secondary N) is 2. The molecule has 1 heterocycles. The number of methoxy groups -OCH3 is 2. The first-order valence-electron chi connectivity index (χ1n) is 8.25. The SMILES string of the molecule is COc1ccc(OC)c(S(=O)(=O)NCC(=O)NCCN2CCOCC2)c1. The number of nitrogens with zero attached hydrogens (tertiary/aromatic N) is 1. The maximum Gasteiger partial charge on any atom is 0.244 e. The number of ether oxygens (including phenoxy) is 3. The molecule has 9 nitrogen and oxygen atoms in total. The molecule has 0 radical (unpaired) electrons. The fourth-order valence-corrected chi connectivity index (χ4v) is 3.64. The van der Waals surface area contributed by atoms with E-state index in [2.05, 4.69) is 14.9 Å². The first-order valence-corrected chi connectivity index (χ1v) is 9.73. The van der Waals surface area contributed by atoms with Crippen molar-refractivity contribution in [3.8, 4) is 11.5 Å². The predicted molar refractivity (Wildman–Crippen MR) is 95.0 cm³/mol. The second kappa shape index (κ2) is 9.72. The molecular weight excluding hydrogens is 362 g/mol. The van der Waals surface area contributed by atoms with Crippen molar-refractivity contribution >= 4 is 15.9 Å². The van der Waals surface area contributed by atoms with Crippen LogP contribution in [0.5, 0.6) is 11.5 Å². The van der Waals surface area contributed by atoms with Gasteiger partial charge in [0.25, 0.3) is 0 Å². The van der Waals surface area contributed by atoms with Gasteiger partial charge in [0.2, 0.25) is 15.9 Å². The van der Waals surface area contributed by atoms with Crippen LogP contribution in [-0.4, -0.2) is 79.4 Å². The van der Waals surface area contributed by atoms with Gasteiger partial charge in [-0.2, -0.15) is 0 Å². The molecule has 1 aromatic carbocycles. The van der Waals surface area contributed by atoms with Gasteiger partial charge in [-0.15, -0.1) is 0 Å². The van der Waals surface area contributed by atoms with Gasteiger partial charge in [0, 0.05) is 32.2 Å². The van der Waals surface area contributed by atoms with Crippen molar-refractivity contribution in [3.63, 3.8) is 0 Å². The highest BCUT2D eigenvalue weighted by molar-refractivity contribution is 7.89. The van der Waals surface area contributed by atoms with Crippen LogP contribution in [0.3, 0.4) is 0 Å². The predicted octanol–water partition coefficient (Wildman–Crippen LogP) is -0.569. The molecule has 0 atom stereocenters. The van der Waals surface area contributed by atoms with Crippen LogP contribution in [0.25, 0.3) is 0 Å². The van der Waals surface area contributed by atoms with Crippen LogP contribution in [0, 0.1) is 0 Å². The number of rotatable bonds is 9. The zero-order chi connectivity index (χ0) is 19.0. The summed E-state index contributed by atoms with van der Waals surface area (Å²) >= 11 is 0. The second-order valence-electron chi connectivity index (χ2n) is 5.65. The molecule has 2 rings (SSSR count). The van der Waals surface area contributed by atoms with Crippen LogP contribution in [0.15, 0.2) is 23.1 Å². The van der Waals surface area contributed by atoms with Crippen LogP contribution < -0.4 is 19.5 Å². The van der Waals surface area contributed by atoms with Gasteiger partial charge in [-0.3, -0.25) is 9.69 Å². The van der Waals surface area contributed by atoms with Crippen LogP contribution >= 0.6 is 0 Å². The highest BCUT2D eigenvalue weighted by Gasteiger charge is 2.21. The van der Waals surface area contributed by atoms with Gasteiger partial charge < -0.3 is 19.5 Å². The molecule has 0 aromatic heterocycles. The summed E-state index contributed by atoms with van der Waals surface area (Å²) in [6.45, 7) is 3.84. The van der Waals surface area contributed by atoms with Gasteiger partial charge in [-0.1, -0.05) is 0 Å². The molecule has 26 heavy (non-hydrogen) atoms. The Labute approximate surface area is 153 Å². The molecule has 1 aromatic rings. The van der Waals surface area contributed by atoms with Crippen LogP contribution in [0.1, 0.15) is 0 Å². The zero-order valence-electron chi connectivity index (χ0n) is 15.0. The number of amides is 1. The number of hydrogen-bond donors (Lipinski definition) is 2. The lowest BCUT2D eigenvalue weighted by Gasteiger charge is -2.26. The van der Waals surface area contributed by atoms with Crippen molar-refractivity contribution in [3.05, 3.63) is 18.2 Å². The van der Waals surface area contributed by atoms with Gasteiger partial charge in [0.05, 0.1) is 34.0 Å². The van der Waals surface area contributed by atoms with Crippen molar-refractivity contribution in [2.24, 2.45) is 0 Å². The Bertz CT molecular complexity index is 704. The molecule has 1 aliphatic heterocycles. The lowest BCUT2D eigenvalue weighted by Crippen LogP contribution is -2.43. The van der Waals surface area contributed by atoms with Crippen molar-refractivity contribution in [1.82, 2.24) is 14.9 Å². The molecule has 2 N–H and O–H groups in total. The summed E-state index contributed by atoms with van der Waals surface area (Å²) in [5.74, 6) is 0.149. The molecule has 0 saturated carbocycles. The zero-order valence-corrected chi connectivity index (χ0v) is 15.8. The van der Waals surface area contributed by atoms with Crippen LogP contribution in [0.4, 0.5) is 0 Å². The van der Waals surface area contributed by atoms with E-state index in [4.69, 9.17) is 14.2 Å². The Morgan fingerprint density at radius 3 is 2.62 bits per heavy atom. The van der Waals surface area contributed by atoms with E-state index in [1.165, 1.54) is 26.4 Å². The van der Waals surface area contributed by atoms with Crippen LogP contribution in [-0.2, 0) is 19.6 Å². The minimum atomic E-state index is -3.92. The summed E-state index contributed by atoms with van der Waals surface area (Å²) in [5.41, 5.74) is 0. The first kappa shape index (κ1) is 20.4. The first-order chi connectivity index (χ1) is 12.5. The number of carbonyl (C=O) groups excluding carboxylic acids is 1. The van der Waals surface area contributed by atoms with E-state index in [9.17, 15) is 13.2 Å². The van der Waals surface area contributed by atoms with Crippen molar-refractivity contribution in [1.29, 1.82) is 0 Å². The second-order valence-corrected chi connectivity index (χ2v) is 7.38. The lowest BCUT2D eigenvalue weighted by atomic mass is 10.3. The average molecular weight is 387 g/mol. The number of benzene rings is 1. The molecule has 0 bridgehead atoms. The monoisotopic (exact) mass is 387 g/mol. The summed E-state index contributed by atoms with van der Waals surface area (Å²) in [4.78, 5) is 14.0. The number of morpholine rings is 1. The van der Waals surface area contributed by atoms with Crippen molar-refractivity contribution in [2.45, 2.75) is 4.90 Å². The third-order valence-corrected chi connectivity index (χ3v) is 5.36. The minimum Gasteiger partial charge on any atom is -0.497 e. The fourth-order valence-electron chi connectivity index (χ4n) is 2.47. The smallest absolute Gasteiger partial charge is 0.244 e. The van der Waals surface area contributed by atoms with E-state index in [1.54, 1.807) is 6.07 Å². The Kier molecular flexibility index (Phi) is 7.64. The molecule has 1 fully saturated rings. The summed E-state index contributed by atoms with van der Waals surface area (Å²) < 4.78 is 42.6. The van der Waals surface area contributed by atoms with Crippen molar-refractivity contribution < 1.29 is 27.4 Å². The third kappa shape index (κ3) is 5.84. The molecular formula is C16H25N3O6S. The molecule has 10 heteroatoms. The quantitative estimate of drug-likeness (QED) is 0.584. The van der Waals surface area contributed by atoms with Crippen molar-refractivity contribution in [2.75, 3.05) is 60.2 Å². The van der Waals surface area contributed by atoms with Crippen LogP contribution in [0.2, 0.25) is 0 Å². The average Bonchev–Trinajstić information content (AvgIpc) is 2.66. The fraction of sp³-hybridized carbons (Fsp3) is 0.562. The maximum atomic E-state index is 12.5. The largest absolute Gasteiger partial charge is 0.497 e. The lowest BCUT2D eigenvalue weighted by molar-refractivity contribution is -0.120. The molecule has 1 saturated heterocycles. The number of hydrogen-bond acceptors (Lipinski definition) is 7. The Morgan fingerprint density at radius 2 is 1.96 bits per heavy atom. The summed E-state index contributed by atoms with van der Waals surface area (Å²) in [6.07, 6.45) is 0. The van der Waals surface area contributed by atoms with Gasteiger partial charge in [0.15, 0.2) is 0 Å². The summed E-state index contributed by atoms with van der Waals surface area (Å²) in [5, 5.41) is 2.70. The molecule has 0 aliphatic carbocycles. The number of sulfonamides is 1. The third-order valence-electron chi connectivity index (χ3n) is 3.94. The van der Waals surface area contributed by atoms with E-state index >= 15 is 0 Å². The highest BCUT2D eigenvalue weighted by Crippen LogP contribution is 2.27. The Balaban J connectivity index is 1.86. The molecule has 146 valence electrons. The minimum absolute atomic E-state index is 0.0829. The van der Waals surface area contributed by atoms with Gasteiger partial charge in [0.1, 0.15) is 16.4 Å². The summed E-state index contributed by atoms with van der Waals surface area (Å²) in [7, 11) is -1.11. The van der Waals surface area contributed by atoms with Gasteiger partial charge in [-0.25, -0.2) is 13.1 Å². The Hall–Kier alpha value is -1.88. The van der Waals surface area contributed by atoms with E-state index in [1.807, 2.05) is 0 Å². The molecule has 0 unspecified atom stereocenters. The highest BCUT2D eigenvalue weighted by atomic mass is 32.2. The topological polar surface area (TPSA) is 106 Å². The van der Waals surface area contributed by atoms with E-state index in [0.717, 1.165) is 13.1 Å². The van der Waals surface area contributed by atoms with E-state index in [-0.39, 0.29) is 17.2 Å². The molecule has 1 aliphatic rings.